The van der Waals surface area contributed by atoms with Gasteiger partial charge in [-0.25, -0.2) is 0 Å². The van der Waals surface area contributed by atoms with Gasteiger partial charge in [-0.2, -0.15) is 0 Å². The molecule has 1 aromatic rings. The van der Waals surface area contributed by atoms with E-state index >= 15 is 0 Å². The summed E-state index contributed by atoms with van der Waals surface area (Å²) in [6.07, 6.45) is 12.9. The van der Waals surface area contributed by atoms with Crippen molar-refractivity contribution in [3.8, 4) is 0 Å². The summed E-state index contributed by atoms with van der Waals surface area (Å²) in [6.45, 7) is 5.28. The van der Waals surface area contributed by atoms with Crippen LogP contribution in [0.4, 0.5) is 0 Å². The molecule has 0 amide bonds. The average molecular weight is 327 g/mol. The molecule has 0 N–H and O–H groups in total. The van der Waals surface area contributed by atoms with Gasteiger partial charge >= 0.3 is 0 Å². The lowest BCUT2D eigenvalue weighted by molar-refractivity contribution is 0.0445. The molecule has 1 saturated heterocycles. The van der Waals surface area contributed by atoms with Crippen molar-refractivity contribution in [3.05, 3.63) is 35.9 Å². The van der Waals surface area contributed by atoms with Gasteiger partial charge in [0, 0.05) is 38.3 Å². The van der Waals surface area contributed by atoms with Crippen molar-refractivity contribution < 1.29 is 0 Å². The molecular formula is C22H34N2. The normalized spacial score (nSPS) is 31.2. The highest BCUT2D eigenvalue weighted by molar-refractivity contribution is 5.20. The molecule has 4 rings (SSSR count). The van der Waals surface area contributed by atoms with E-state index in [1.54, 1.807) is 5.56 Å². The van der Waals surface area contributed by atoms with Crippen molar-refractivity contribution in [1.82, 2.24) is 9.80 Å². The fraction of sp³-hybridized carbons (Fsp3) is 0.727. The Balaban J connectivity index is 1.24. The summed E-state index contributed by atoms with van der Waals surface area (Å²) in [7, 11) is 0. The third-order valence-electron chi connectivity index (χ3n) is 6.92. The highest BCUT2D eigenvalue weighted by Crippen LogP contribution is 2.35. The van der Waals surface area contributed by atoms with Gasteiger partial charge in [0.15, 0.2) is 0 Å². The fourth-order valence-corrected chi connectivity index (χ4v) is 5.41. The lowest BCUT2D eigenvalue weighted by atomic mass is 9.81. The number of hydrogen-bond donors (Lipinski definition) is 0. The topological polar surface area (TPSA) is 6.48 Å². The zero-order valence-corrected chi connectivity index (χ0v) is 15.2. The molecule has 2 heteroatoms. The van der Waals surface area contributed by atoms with Crippen LogP contribution in [0.1, 0.15) is 69.3 Å². The van der Waals surface area contributed by atoms with Crippen molar-refractivity contribution in [2.75, 3.05) is 26.2 Å². The highest BCUT2D eigenvalue weighted by Gasteiger charge is 2.30. The molecule has 1 aromatic carbocycles. The second kappa shape index (κ2) is 8.01. The summed E-state index contributed by atoms with van der Waals surface area (Å²) in [5, 5.41) is 0. The minimum absolute atomic E-state index is 0.811. The van der Waals surface area contributed by atoms with Crippen molar-refractivity contribution in [2.24, 2.45) is 0 Å². The first-order valence-corrected chi connectivity index (χ1v) is 10.4. The predicted molar refractivity (Wildman–Crippen MR) is 101 cm³/mol. The maximum atomic E-state index is 2.82. The lowest BCUT2D eigenvalue weighted by Gasteiger charge is -2.45. The number of nitrogens with zero attached hydrogens (tertiary/aromatic N) is 2. The Labute approximate surface area is 148 Å². The summed E-state index contributed by atoms with van der Waals surface area (Å²) >= 11 is 0. The maximum Gasteiger partial charge on any atom is 0.0113 e. The van der Waals surface area contributed by atoms with Crippen molar-refractivity contribution in [2.45, 2.75) is 75.8 Å². The Morgan fingerprint density at radius 1 is 0.583 bits per heavy atom. The van der Waals surface area contributed by atoms with Crippen LogP contribution in [0.5, 0.6) is 0 Å². The van der Waals surface area contributed by atoms with Crippen LogP contribution in [0.3, 0.4) is 0 Å². The quantitative estimate of drug-likeness (QED) is 0.797. The van der Waals surface area contributed by atoms with Crippen LogP contribution in [-0.2, 0) is 0 Å². The Hall–Kier alpha value is -0.860. The van der Waals surface area contributed by atoms with Gasteiger partial charge in [-0.05, 0) is 50.0 Å². The van der Waals surface area contributed by atoms with Crippen molar-refractivity contribution in [1.29, 1.82) is 0 Å². The Kier molecular flexibility index (Phi) is 5.54. The average Bonchev–Trinajstić information content (AvgIpc) is 2.70. The number of piperazine rings is 1. The molecule has 0 radical (unpaired) electrons. The van der Waals surface area contributed by atoms with Gasteiger partial charge in [-0.15, -0.1) is 0 Å². The van der Waals surface area contributed by atoms with Crippen LogP contribution >= 0.6 is 0 Å². The summed E-state index contributed by atoms with van der Waals surface area (Å²) < 4.78 is 0. The largest absolute Gasteiger partial charge is 0.298 e. The van der Waals surface area contributed by atoms with Crippen molar-refractivity contribution >= 4 is 0 Å². The van der Waals surface area contributed by atoms with Crippen LogP contribution in [0, 0.1) is 0 Å². The fourth-order valence-electron chi connectivity index (χ4n) is 5.41. The van der Waals surface area contributed by atoms with Gasteiger partial charge in [0.05, 0.1) is 0 Å². The molecular weight excluding hydrogens is 292 g/mol. The van der Waals surface area contributed by atoms with E-state index in [-0.39, 0.29) is 0 Å². The van der Waals surface area contributed by atoms with Gasteiger partial charge < -0.3 is 0 Å². The summed E-state index contributed by atoms with van der Waals surface area (Å²) in [6, 6.07) is 13.0. The molecule has 0 unspecified atom stereocenters. The third kappa shape index (κ3) is 3.86. The van der Waals surface area contributed by atoms with Crippen LogP contribution in [0.2, 0.25) is 0 Å². The first-order valence-electron chi connectivity index (χ1n) is 10.4. The predicted octanol–water partition coefficient (Wildman–Crippen LogP) is 4.66. The van der Waals surface area contributed by atoms with Gasteiger partial charge in [-0.3, -0.25) is 9.80 Å². The molecule has 24 heavy (non-hydrogen) atoms. The molecule has 132 valence electrons. The van der Waals surface area contributed by atoms with Gasteiger partial charge in [0.25, 0.3) is 0 Å². The van der Waals surface area contributed by atoms with E-state index in [2.05, 4.69) is 40.1 Å². The van der Waals surface area contributed by atoms with Gasteiger partial charge in [0.2, 0.25) is 0 Å². The molecule has 2 nitrogen and oxygen atoms in total. The van der Waals surface area contributed by atoms with Crippen LogP contribution in [0.25, 0.3) is 0 Å². The number of benzene rings is 1. The smallest absolute Gasteiger partial charge is 0.0113 e. The van der Waals surface area contributed by atoms with E-state index in [1.165, 1.54) is 84.0 Å². The third-order valence-corrected chi connectivity index (χ3v) is 6.92. The van der Waals surface area contributed by atoms with Gasteiger partial charge in [0.1, 0.15) is 0 Å². The van der Waals surface area contributed by atoms with E-state index in [9.17, 15) is 0 Å². The molecule has 0 aromatic heterocycles. The molecule has 3 fully saturated rings. The van der Waals surface area contributed by atoms with E-state index in [1.807, 2.05) is 0 Å². The monoisotopic (exact) mass is 326 g/mol. The summed E-state index contributed by atoms with van der Waals surface area (Å²) in [5.41, 5.74) is 1.57. The molecule has 0 bridgehead atoms. The summed E-state index contributed by atoms with van der Waals surface area (Å²) in [4.78, 5) is 5.63. The minimum atomic E-state index is 0.811. The first-order chi connectivity index (χ1) is 11.9. The highest BCUT2D eigenvalue weighted by atomic mass is 15.3. The zero-order chi connectivity index (χ0) is 16.2. The summed E-state index contributed by atoms with van der Waals surface area (Å²) in [5.74, 6) is 0.811. The molecule has 1 heterocycles. The number of hydrogen-bond acceptors (Lipinski definition) is 2. The Morgan fingerprint density at radius 2 is 1.12 bits per heavy atom. The Bertz CT molecular complexity index is 478. The molecule has 0 atom stereocenters. The molecule has 2 aliphatic carbocycles. The standard InChI is InChI=1S/C22H34N2/c1-3-7-19(8-4-1)20-11-13-22(14-12-20)24-17-15-23(16-18-24)21-9-5-2-6-10-21/h1,3-4,7-8,20-22H,2,5-6,9-18H2. The zero-order valence-electron chi connectivity index (χ0n) is 15.2. The molecule has 1 aliphatic heterocycles. The molecule has 2 saturated carbocycles. The lowest BCUT2D eigenvalue weighted by Crippen LogP contribution is -2.53. The number of rotatable bonds is 3. The Morgan fingerprint density at radius 3 is 1.71 bits per heavy atom. The molecule has 0 spiro atoms. The van der Waals surface area contributed by atoms with Crippen molar-refractivity contribution in [3.63, 3.8) is 0 Å². The maximum absolute atomic E-state index is 2.82. The van der Waals surface area contributed by atoms with Crippen LogP contribution in [0.15, 0.2) is 30.3 Å². The van der Waals surface area contributed by atoms with E-state index in [0.717, 1.165) is 18.0 Å². The van der Waals surface area contributed by atoms with E-state index in [0.29, 0.717) is 0 Å². The second-order valence-electron chi connectivity index (χ2n) is 8.28. The SMILES string of the molecule is c1ccc(C2CCC(N3CCN(C4CCCCC4)CC3)CC2)cc1. The van der Waals surface area contributed by atoms with Gasteiger partial charge in [-0.1, -0.05) is 49.6 Å². The van der Waals surface area contributed by atoms with E-state index in [4.69, 9.17) is 0 Å². The van der Waals surface area contributed by atoms with E-state index < -0.39 is 0 Å². The van der Waals surface area contributed by atoms with Crippen LogP contribution in [-0.4, -0.2) is 48.1 Å². The minimum Gasteiger partial charge on any atom is -0.298 e. The first kappa shape index (κ1) is 16.6. The van der Waals surface area contributed by atoms with Crippen LogP contribution < -0.4 is 0 Å². The molecule has 3 aliphatic rings. The second-order valence-corrected chi connectivity index (χ2v) is 8.28.